The highest BCUT2D eigenvalue weighted by Gasteiger charge is 2.40. The smallest absolute Gasteiger partial charge is 0.239 e. The SMILES string of the molecule is CCCS(=O)(=O)NC1CCN(C(=O)C2CCN(c3ccc(Cl)cc3)C2=O)CC1. The maximum absolute atomic E-state index is 12.9. The van der Waals surface area contributed by atoms with Gasteiger partial charge < -0.3 is 9.80 Å². The van der Waals surface area contributed by atoms with Gasteiger partial charge in [0.15, 0.2) is 0 Å². The first-order valence-electron chi connectivity index (χ1n) is 9.66. The van der Waals surface area contributed by atoms with E-state index in [2.05, 4.69) is 4.72 Å². The molecule has 0 aromatic heterocycles. The fourth-order valence-electron chi connectivity index (χ4n) is 3.81. The fraction of sp³-hybridized carbons (Fsp3) is 0.579. The number of benzene rings is 1. The number of nitrogens with zero attached hydrogens (tertiary/aromatic N) is 2. The number of amides is 2. The number of nitrogens with one attached hydrogen (secondary N) is 1. The summed E-state index contributed by atoms with van der Waals surface area (Å²) < 4.78 is 26.5. The summed E-state index contributed by atoms with van der Waals surface area (Å²) in [5.74, 6) is -0.887. The maximum Gasteiger partial charge on any atom is 0.239 e. The second-order valence-electron chi connectivity index (χ2n) is 7.34. The molecule has 0 bridgehead atoms. The van der Waals surface area contributed by atoms with Crippen LogP contribution in [0.4, 0.5) is 5.69 Å². The number of carbonyl (C=O) groups is 2. The van der Waals surface area contributed by atoms with Crippen molar-refractivity contribution in [2.45, 2.75) is 38.6 Å². The van der Waals surface area contributed by atoms with Crippen LogP contribution in [0.5, 0.6) is 0 Å². The lowest BCUT2D eigenvalue weighted by Gasteiger charge is -2.33. The minimum atomic E-state index is -3.26. The first kappa shape index (κ1) is 21.1. The van der Waals surface area contributed by atoms with Gasteiger partial charge in [-0.2, -0.15) is 0 Å². The van der Waals surface area contributed by atoms with E-state index in [0.717, 1.165) is 5.69 Å². The summed E-state index contributed by atoms with van der Waals surface area (Å²) in [4.78, 5) is 28.9. The monoisotopic (exact) mass is 427 g/mol. The van der Waals surface area contributed by atoms with E-state index in [4.69, 9.17) is 11.6 Å². The van der Waals surface area contributed by atoms with E-state index >= 15 is 0 Å². The zero-order valence-corrected chi connectivity index (χ0v) is 17.5. The molecule has 2 heterocycles. The minimum absolute atomic E-state index is 0.114. The minimum Gasteiger partial charge on any atom is -0.342 e. The molecule has 1 unspecified atom stereocenters. The Morgan fingerprint density at radius 2 is 1.79 bits per heavy atom. The van der Waals surface area contributed by atoms with Crippen LogP contribution in [0.1, 0.15) is 32.6 Å². The Bertz CT molecular complexity index is 820. The molecule has 1 atom stereocenters. The summed E-state index contributed by atoms with van der Waals surface area (Å²) in [6.07, 6.45) is 2.19. The number of hydrogen-bond acceptors (Lipinski definition) is 4. The Hall–Kier alpha value is -1.64. The Morgan fingerprint density at radius 3 is 2.39 bits per heavy atom. The van der Waals surface area contributed by atoms with Crippen molar-refractivity contribution in [2.24, 2.45) is 5.92 Å². The molecule has 3 rings (SSSR count). The van der Waals surface area contributed by atoms with Crippen molar-refractivity contribution in [1.82, 2.24) is 9.62 Å². The predicted molar refractivity (Wildman–Crippen MR) is 109 cm³/mol. The summed E-state index contributed by atoms with van der Waals surface area (Å²) in [6, 6.07) is 6.86. The van der Waals surface area contributed by atoms with Crippen LogP contribution in [-0.2, 0) is 19.6 Å². The number of likely N-dealkylation sites (tertiary alicyclic amines) is 1. The number of piperidine rings is 1. The van der Waals surface area contributed by atoms with E-state index in [-0.39, 0.29) is 23.6 Å². The molecule has 2 saturated heterocycles. The summed E-state index contributed by atoms with van der Waals surface area (Å²) >= 11 is 5.90. The lowest BCUT2D eigenvalue weighted by Crippen LogP contribution is -2.49. The second-order valence-corrected chi connectivity index (χ2v) is 9.65. The van der Waals surface area contributed by atoms with Crippen LogP contribution < -0.4 is 9.62 Å². The molecule has 2 amide bonds. The van der Waals surface area contributed by atoms with E-state index in [0.29, 0.717) is 50.3 Å². The Morgan fingerprint density at radius 1 is 1.14 bits per heavy atom. The third-order valence-electron chi connectivity index (χ3n) is 5.27. The number of rotatable bonds is 6. The molecule has 0 spiro atoms. The van der Waals surface area contributed by atoms with E-state index < -0.39 is 15.9 Å². The van der Waals surface area contributed by atoms with Crippen molar-refractivity contribution in [3.8, 4) is 0 Å². The average molecular weight is 428 g/mol. The molecule has 2 fully saturated rings. The van der Waals surface area contributed by atoms with Gasteiger partial charge >= 0.3 is 0 Å². The normalized spacial score (nSPS) is 21.4. The molecule has 7 nitrogen and oxygen atoms in total. The Labute approximate surface area is 171 Å². The first-order valence-corrected chi connectivity index (χ1v) is 11.7. The Kier molecular flexibility index (Phi) is 6.62. The molecular weight excluding hydrogens is 402 g/mol. The van der Waals surface area contributed by atoms with Gasteiger partial charge in [-0.15, -0.1) is 0 Å². The quantitative estimate of drug-likeness (QED) is 0.703. The van der Waals surface area contributed by atoms with Gasteiger partial charge in [-0.05, 0) is 49.9 Å². The number of hydrogen-bond donors (Lipinski definition) is 1. The zero-order valence-electron chi connectivity index (χ0n) is 15.9. The molecule has 0 saturated carbocycles. The van der Waals surface area contributed by atoms with Crippen LogP contribution in [0.3, 0.4) is 0 Å². The van der Waals surface area contributed by atoms with Crippen molar-refractivity contribution < 1.29 is 18.0 Å². The molecule has 154 valence electrons. The van der Waals surface area contributed by atoms with Crippen molar-refractivity contribution >= 4 is 39.1 Å². The first-order chi connectivity index (χ1) is 13.3. The molecule has 1 aromatic carbocycles. The Balaban J connectivity index is 1.55. The fourth-order valence-corrected chi connectivity index (χ4v) is 5.33. The van der Waals surface area contributed by atoms with Crippen molar-refractivity contribution in [3.63, 3.8) is 0 Å². The highest BCUT2D eigenvalue weighted by atomic mass is 35.5. The average Bonchev–Trinajstić information content (AvgIpc) is 3.03. The number of halogens is 1. The largest absolute Gasteiger partial charge is 0.342 e. The van der Waals surface area contributed by atoms with E-state index in [1.807, 2.05) is 6.92 Å². The van der Waals surface area contributed by atoms with Crippen molar-refractivity contribution in [2.75, 3.05) is 30.3 Å². The highest BCUT2D eigenvalue weighted by molar-refractivity contribution is 7.89. The van der Waals surface area contributed by atoms with E-state index in [1.54, 1.807) is 34.1 Å². The standard InChI is InChI=1S/C19H26ClN3O4S/c1-2-13-28(26,27)21-15-7-10-22(11-8-15)18(24)17-9-12-23(19(17)25)16-5-3-14(20)4-6-16/h3-6,15,17,21H,2,7-13H2,1H3. The van der Waals surface area contributed by atoms with Crippen molar-refractivity contribution in [1.29, 1.82) is 0 Å². The van der Waals surface area contributed by atoms with Crippen LogP contribution in [-0.4, -0.2) is 56.6 Å². The van der Waals surface area contributed by atoms with Gasteiger partial charge in [-0.1, -0.05) is 18.5 Å². The topological polar surface area (TPSA) is 86.8 Å². The van der Waals surface area contributed by atoms with Gasteiger partial charge in [0.05, 0.1) is 5.75 Å². The summed E-state index contributed by atoms with van der Waals surface area (Å²) in [6.45, 7) is 3.25. The number of carbonyl (C=O) groups excluding carboxylic acids is 2. The van der Waals surface area contributed by atoms with E-state index in [9.17, 15) is 18.0 Å². The molecular formula is C19H26ClN3O4S. The van der Waals surface area contributed by atoms with Crippen LogP contribution in [0.25, 0.3) is 0 Å². The molecule has 9 heteroatoms. The van der Waals surface area contributed by atoms with Gasteiger partial charge in [0, 0.05) is 36.4 Å². The predicted octanol–water partition coefficient (Wildman–Crippen LogP) is 2.01. The van der Waals surface area contributed by atoms with Crippen molar-refractivity contribution in [3.05, 3.63) is 29.3 Å². The number of sulfonamides is 1. The summed E-state index contributed by atoms with van der Waals surface area (Å²) in [5, 5.41) is 0.598. The molecule has 0 aliphatic carbocycles. The maximum atomic E-state index is 12.9. The van der Waals surface area contributed by atoms with Gasteiger partial charge in [0.2, 0.25) is 21.8 Å². The van der Waals surface area contributed by atoms with Gasteiger partial charge in [-0.3, -0.25) is 9.59 Å². The third kappa shape index (κ3) is 4.85. The highest BCUT2D eigenvalue weighted by Crippen LogP contribution is 2.28. The number of anilines is 1. The van der Waals surface area contributed by atoms with Gasteiger partial charge in [-0.25, -0.2) is 13.1 Å². The molecule has 0 radical (unpaired) electrons. The van der Waals surface area contributed by atoms with Crippen LogP contribution in [0.2, 0.25) is 5.02 Å². The van der Waals surface area contributed by atoms with E-state index in [1.165, 1.54) is 0 Å². The second kappa shape index (κ2) is 8.80. The van der Waals surface area contributed by atoms with Gasteiger partial charge in [0.25, 0.3) is 0 Å². The molecule has 28 heavy (non-hydrogen) atoms. The van der Waals surface area contributed by atoms with Crippen LogP contribution >= 0.6 is 11.6 Å². The lowest BCUT2D eigenvalue weighted by molar-refractivity contribution is -0.140. The third-order valence-corrected chi connectivity index (χ3v) is 7.16. The lowest BCUT2D eigenvalue weighted by atomic mass is 10.0. The summed E-state index contributed by atoms with van der Waals surface area (Å²) in [5.41, 5.74) is 0.744. The molecule has 1 aromatic rings. The van der Waals surface area contributed by atoms with Gasteiger partial charge in [0.1, 0.15) is 5.92 Å². The summed E-state index contributed by atoms with van der Waals surface area (Å²) in [7, 11) is -3.26. The zero-order chi connectivity index (χ0) is 20.3. The van der Waals surface area contributed by atoms with Crippen LogP contribution in [0.15, 0.2) is 24.3 Å². The molecule has 1 N–H and O–H groups in total. The van der Waals surface area contributed by atoms with Crippen LogP contribution in [0, 0.1) is 5.92 Å². The molecule has 2 aliphatic rings. The molecule has 2 aliphatic heterocycles.